The molecule has 1 aliphatic heterocycles. The lowest BCUT2D eigenvalue weighted by Gasteiger charge is -2.26. The van der Waals surface area contributed by atoms with Crippen LogP contribution in [0.5, 0.6) is 0 Å². The Labute approximate surface area is 142 Å². The molecule has 8 heteroatoms. The van der Waals surface area contributed by atoms with Gasteiger partial charge in [-0.2, -0.15) is 0 Å². The van der Waals surface area contributed by atoms with Gasteiger partial charge in [-0.05, 0) is 26.2 Å². The number of hydrogen-bond donors (Lipinski definition) is 3. The van der Waals surface area contributed by atoms with Gasteiger partial charge in [0.2, 0.25) is 5.91 Å². The minimum atomic E-state index is 0.129. The van der Waals surface area contributed by atoms with Crippen molar-refractivity contribution in [3.05, 3.63) is 11.6 Å². The van der Waals surface area contributed by atoms with Gasteiger partial charge in [0.05, 0.1) is 0 Å². The van der Waals surface area contributed by atoms with Crippen molar-refractivity contribution in [1.82, 2.24) is 30.7 Å². The Hall–Kier alpha value is -2.12. The van der Waals surface area contributed by atoms with Gasteiger partial charge in [-0.1, -0.05) is 12.8 Å². The second-order valence-electron chi connectivity index (χ2n) is 6.70. The zero-order valence-electron chi connectivity index (χ0n) is 14.5. The summed E-state index contributed by atoms with van der Waals surface area (Å²) in [6.07, 6.45) is 6.31. The van der Waals surface area contributed by atoms with E-state index in [1.165, 1.54) is 25.7 Å². The van der Waals surface area contributed by atoms with Crippen LogP contribution < -0.4 is 16.0 Å². The number of aryl methyl sites for hydroxylation is 1. The Morgan fingerprint density at radius 3 is 2.62 bits per heavy atom. The molecule has 1 aromatic rings. The molecule has 2 aliphatic rings. The van der Waals surface area contributed by atoms with Crippen LogP contribution in [-0.4, -0.2) is 45.3 Å². The van der Waals surface area contributed by atoms with Crippen LogP contribution in [0.15, 0.2) is 4.99 Å². The molecule has 3 N–H and O–H groups in total. The molecule has 2 fully saturated rings. The van der Waals surface area contributed by atoms with E-state index in [1.807, 2.05) is 18.5 Å². The van der Waals surface area contributed by atoms with Crippen molar-refractivity contribution in [1.29, 1.82) is 0 Å². The van der Waals surface area contributed by atoms with Gasteiger partial charge in [-0.25, -0.2) is 4.99 Å². The fraction of sp³-hybridized carbons (Fsp3) is 0.750. The molecule has 132 valence electrons. The number of hydrogen-bond acceptors (Lipinski definition) is 4. The monoisotopic (exact) mass is 333 g/mol. The summed E-state index contributed by atoms with van der Waals surface area (Å²) in [6.45, 7) is 3.06. The molecule has 0 radical (unpaired) electrons. The number of rotatable bonds is 4. The van der Waals surface area contributed by atoms with Crippen LogP contribution in [0, 0.1) is 6.92 Å². The minimum Gasteiger partial charge on any atom is -0.354 e. The highest BCUT2D eigenvalue weighted by Crippen LogP contribution is 2.17. The quantitative estimate of drug-likeness (QED) is 0.547. The Morgan fingerprint density at radius 2 is 2.00 bits per heavy atom. The molecule has 0 bridgehead atoms. The molecule has 24 heavy (non-hydrogen) atoms. The zero-order valence-corrected chi connectivity index (χ0v) is 14.5. The Morgan fingerprint density at radius 1 is 1.25 bits per heavy atom. The van der Waals surface area contributed by atoms with Gasteiger partial charge < -0.3 is 20.5 Å². The summed E-state index contributed by atoms with van der Waals surface area (Å²) >= 11 is 0. The molecule has 0 spiro atoms. The molecule has 0 aromatic carbocycles. The maximum atomic E-state index is 11.3. The van der Waals surface area contributed by atoms with Crippen LogP contribution in [0.25, 0.3) is 0 Å². The van der Waals surface area contributed by atoms with E-state index >= 15 is 0 Å². The summed E-state index contributed by atoms with van der Waals surface area (Å²) < 4.78 is 1.96. The minimum absolute atomic E-state index is 0.129. The smallest absolute Gasteiger partial charge is 0.220 e. The first-order valence-corrected chi connectivity index (χ1v) is 8.81. The summed E-state index contributed by atoms with van der Waals surface area (Å²) in [5, 5.41) is 18.2. The number of guanidine groups is 1. The van der Waals surface area contributed by atoms with E-state index in [1.54, 1.807) is 0 Å². The molecule has 1 unspecified atom stereocenters. The molecule has 1 saturated heterocycles. The van der Waals surface area contributed by atoms with Gasteiger partial charge in [0.15, 0.2) is 11.8 Å². The molecule has 1 atom stereocenters. The van der Waals surface area contributed by atoms with E-state index < -0.39 is 0 Å². The largest absolute Gasteiger partial charge is 0.354 e. The SMILES string of the molecule is Cc1nnc(CN=C(NC2CCCC2)NC2CCC(=O)NC2)n1C. The lowest BCUT2D eigenvalue weighted by atomic mass is 10.1. The first kappa shape index (κ1) is 16.7. The third-order valence-corrected chi connectivity index (χ3v) is 4.86. The first-order valence-electron chi connectivity index (χ1n) is 8.81. The number of aliphatic imine (C=N–C) groups is 1. The lowest BCUT2D eigenvalue weighted by molar-refractivity contribution is -0.122. The average molecular weight is 333 g/mol. The van der Waals surface area contributed by atoms with Crippen LogP contribution in [-0.2, 0) is 18.4 Å². The topological polar surface area (TPSA) is 96.2 Å². The van der Waals surface area contributed by atoms with Gasteiger partial charge in [0.1, 0.15) is 12.4 Å². The summed E-state index contributed by atoms with van der Waals surface area (Å²) in [4.78, 5) is 16.0. The maximum Gasteiger partial charge on any atom is 0.220 e. The van der Waals surface area contributed by atoms with Crippen molar-refractivity contribution >= 4 is 11.9 Å². The Bertz CT molecular complexity index is 594. The number of amides is 1. The number of nitrogens with one attached hydrogen (secondary N) is 3. The van der Waals surface area contributed by atoms with Crippen molar-refractivity contribution in [2.45, 2.75) is 64.1 Å². The van der Waals surface area contributed by atoms with Crippen LogP contribution in [0.3, 0.4) is 0 Å². The lowest BCUT2D eigenvalue weighted by Crippen LogP contribution is -2.52. The summed E-state index contributed by atoms with van der Waals surface area (Å²) in [6, 6.07) is 0.701. The van der Waals surface area contributed by atoms with E-state index in [9.17, 15) is 4.79 Å². The third kappa shape index (κ3) is 4.24. The highest BCUT2D eigenvalue weighted by atomic mass is 16.1. The van der Waals surface area contributed by atoms with Crippen LogP contribution >= 0.6 is 0 Å². The molecular formula is C16H27N7O. The average Bonchev–Trinajstić information content (AvgIpc) is 3.19. The van der Waals surface area contributed by atoms with Crippen molar-refractivity contribution in [2.75, 3.05) is 6.54 Å². The third-order valence-electron chi connectivity index (χ3n) is 4.86. The standard InChI is InChI=1S/C16H27N7O/c1-11-21-22-14(23(11)2)10-18-16(19-12-5-3-4-6-12)20-13-7-8-15(24)17-9-13/h12-13H,3-10H2,1-2H3,(H,17,24)(H2,18,19,20). The molecule has 2 heterocycles. The number of aromatic nitrogens is 3. The maximum absolute atomic E-state index is 11.3. The fourth-order valence-electron chi connectivity index (χ4n) is 3.18. The van der Waals surface area contributed by atoms with E-state index in [0.29, 0.717) is 25.6 Å². The molecule has 3 rings (SSSR count). The van der Waals surface area contributed by atoms with Crippen molar-refractivity contribution in [3.8, 4) is 0 Å². The Kier molecular flexibility index (Phi) is 5.32. The zero-order chi connectivity index (χ0) is 16.9. The van der Waals surface area contributed by atoms with Crippen LogP contribution in [0.2, 0.25) is 0 Å². The van der Waals surface area contributed by atoms with Crippen molar-refractivity contribution < 1.29 is 4.79 Å². The van der Waals surface area contributed by atoms with E-state index in [0.717, 1.165) is 24.0 Å². The predicted octanol–water partition coefficient (Wildman–Crippen LogP) is 0.380. The summed E-state index contributed by atoms with van der Waals surface area (Å²) in [5.41, 5.74) is 0. The number of carbonyl (C=O) groups is 1. The number of piperidine rings is 1. The van der Waals surface area contributed by atoms with E-state index in [4.69, 9.17) is 4.99 Å². The molecule has 1 saturated carbocycles. The first-order chi connectivity index (χ1) is 11.6. The van der Waals surface area contributed by atoms with Crippen LogP contribution in [0.1, 0.15) is 50.2 Å². The van der Waals surface area contributed by atoms with Crippen LogP contribution in [0.4, 0.5) is 0 Å². The Balaban J connectivity index is 1.64. The summed E-state index contributed by atoms with van der Waals surface area (Å²) in [5.74, 6) is 2.67. The molecule has 8 nitrogen and oxygen atoms in total. The van der Waals surface area contributed by atoms with Gasteiger partial charge in [-0.3, -0.25) is 4.79 Å². The van der Waals surface area contributed by atoms with Gasteiger partial charge in [0.25, 0.3) is 0 Å². The number of carbonyl (C=O) groups excluding carboxylic acids is 1. The molecule has 1 aromatic heterocycles. The summed E-state index contributed by atoms with van der Waals surface area (Å²) in [7, 11) is 1.95. The normalized spacial score (nSPS) is 22.5. The highest BCUT2D eigenvalue weighted by Gasteiger charge is 2.21. The molecule has 1 aliphatic carbocycles. The molecular weight excluding hydrogens is 306 g/mol. The fourth-order valence-corrected chi connectivity index (χ4v) is 3.18. The van der Waals surface area contributed by atoms with E-state index in [2.05, 4.69) is 26.1 Å². The second-order valence-corrected chi connectivity index (χ2v) is 6.70. The predicted molar refractivity (Wildman–Crippen MR) is 91.4 cm³/mol. The van der Waals surface area contributed by atoms with Gasteiger partial charge in [0, 0.05) is 32.1 Å². The highest BCUT2D eigenvalue weighted by molar-refractivity contribution is 5.81. The van der Waals surface area contributed by atoms with Crippen molar-refractivity contribution in [2.24, 2.45) is 12.0 Å². The van der Waals surface area contributed by atoms with Crippen molar-refractivity contribution in [3.63, 3.8) is 0 Å². The van der Waals surface area contributed by atoms with Gasteiger partial charge >= 0.3 is 0 Å². The van der Waals surface area contributed by atoms with E-state index in [-0.39, 0.29) is 11.9 Å². The second kappa shape index (κ2) is 7.63. The number of nitrogens with zero attached hydrogens (tertiary/aromatic N) is 4. The van der Waals surface area contributed by atoms with Gasteiger partial charge in [-0.15, -0.1) is 10.2 Å². The molecule has 1 amide bonds.